The fourth-order valence-corrected chi connectivity index (χ4v) is 5.73. The van der Waals surface area contributed by atoms with E-state index in [0.717, 1.165) is 24.5 Å². The minimum absolute atomic E-state index is 0.730. The van der Waals surface area contributed by atoms with Gasteiger partial charge in [-0.3, -0.25) is 4.42 Å². The van der Waals surface area contributed by atoms with E-state index in [9.17, 15) is 0 Å². The highest BCUT2D eigenvalue weighted by molar-refractivity contribution is 7.18. The quantitative estimate of drug-likeness (QED) is 0.331. The standard InChI is InChI=1S/C27H32NOS/c1-20-25(29-19-11-17-24-16-10-18-28(24)3)21(2)27(23-14-8-5-9-15-23)30-26(20)22-12-6-4-7-13-22/h4-9,12-15,24H,10-11,16-19H2,1-3H3/q+1. The third-order valence-electron chi connectivity index (χ3n) is 6.24. The highest BCUT2D eigenvalue weighted by Gasteiger charge is 2.22. The molecule has 3 heteroatoms. The van der Waals surface area contributed by atoms with Crippen molar-refractivity contribution < 1.29 is 0 Å². The van der Waals surface area contributed by atoms with Crippen molar-refractivity contribution in [3.05, 3.63) is 81.6 Å². The summed E-state index contributed by atoms with van der Waals surface area (Å²) in [5, 5.41) is 0. The van der Waals surface area contributed by atoms with E-state index in [1.54, 1.807) is 0 Å². The van der Waals surface area contributed by atoms with Gasteiger partial charge in [-0.05, 0) is 57.8 Å². The number of rotatable bonds is 6. The van der Waals surface area contributed by atoms with E-state index in [-0.39, 0.29) is 0 Å². The predicted molar refractivity (Wildman–Crippen MR) is 131 cm³/mol. The predicted octanol–water partition coefficient (Wildman–Crippen LogP) is 6.47. The minimum Gasteiger partial charge on any atom is -0.303 e. The number of hydrogen-bond donors (Lipinski definition) is 0. The lowest BCUT2D eigenvalue weighted by Gasteiger charge is -2.17. The van der Waals surface area contributed by atoms with Crippen LogP contribution in [0.3, 0.4) is 0 Å². The summed E-state index contributed by atoms with van der Waals surface area (Å²) in [7, 11) is 2.25. The molecule has 4 rings (SSSR count). The van der Waals surface area contributed by atoms with Crippen molar-refractivity contribution in [2.45, 2.75) is 45.6 Å². The van der Waals surface area contributed by atoms with Crippen molar-refractivity contribution in [3.63, 3.8) is 0 Å². The average molecular weight is 419 g/mol. The van der Waals surface area contributed by atoms with Gasteiger partial charge >= 0.3 is 5.43 Å². The van der Waals surface area contributed by atoms with E-state index in [1.165, 1.54) is 57.8 Å². The summed E-state index contributed by atoms with van der Waals surface area (Å²) in [6.45, 7) is 6.44. The maximum absolute atomic E-state index is 6.48. The lowest BCUT2D eigenvalue weighted by Crippen LogP contribution is -2.24. The molecule has 3 aromatic rings. The lowest BCUT2D eigenvalue weighted by molar-refractivity contribution is 0.294. The zero-order valence-corrected chi connectivity index (χ0v) is 19.2. The molecule has 1 fully saturated rings. The monoisotopic (exact) mass is 418 g/mol. The Labute approximate surface area is 184 Å². The molecule has 0 spiro atoms. The third kappa shape index (κ3) is 4.58. The summed E-state index contributed by atoms with van der Waals surface area (Å²) in [5.41, 5.74) is 6.08. The van der Waals surface area contributed by atoms with Crippen LogP contribution in [0.15, 0.2) is 65.1 Å². The number of hydrogen-bond acceptors (Lipinski definition) is 2. The fraction of sp³-hybridized carbons (Fsp3) is 0.370. The highest BCUT2D eigenvalue weighted by atomic mass is 32.1. The fourth-order valence-electron chi connectivity index (χ4n) is 4.53. The topological polar surface area (TPSA) is 14.5 Å². The smallest absolute Gasteiger partial charge is 0.303 e. The van der Waals surface area contributed by atoms with E-state index in [0.29, 0.717) is 0 Å². The Bertz CT molecular complexity index is 973. The van der Waals surface area contributed by atoms with Crippen LogP contribution in [0.5, 0.6) is 0 Å². The van der Waals surface area contributed by atoms with Crippen LogP contribution >= 0.6 is 11.3 Å². The van der Waals surface area contributed by atoms with Crippen LogP contribution in [0, 0.1) is 13.8 Å². The van der Waals surface area contributed by atoms with E-state index in [2.05, 4.69) is 86.5 Å². The minimum atomic E-state index is 0.730. The van der Waals surface area contributed by atoms with Gasteiger partial charge in [0.2, 0.25) is 0 Å². The largest absolute Gasteiger partial charge is 0.352 e. The van der Waals surface area contributed by atoms with E-state index in [1.807, 2.05) is 11.3 Å². The third-order valence-corrected chi connectivity index (χ3v) is 7.73. The zero-order valence-electron chi connectivity index (χ0n) is 18.4. The zero-order chi connectivity index (χ0) is 20.9. The number of benzene rings is 2. The van der Waals surface area contributed by atoms with Crippen LogP contribution in [-0.4, -0.2) is 31.1 Å². The molecule has 30 heavy (non-hydrogen) atoms. The van der Waals surface area contributed by atoms with Crippen LogP contribution in [-0.2, 0) is 0 Å². The molecule has 0 aliphatic carbocycles. The van der Waals surface area contributed by atoms with Gasteiger partial charge in [0.05, 0.1) is 11.1 Å². The molecule has 156 valence electrons. The molecule has 1 atom stereocenters. The number of nitrogens with zero attached hydrogens (tertiary/aromatic N) is 1. The Morgan fingerprint density at radius 2 is 1.47 bits per heavy atom. The first-order valence-corrected chi connectivity index (χ1v) is 11.9. The maximum Gasteiger partial charge on any atom is 0.352 e. The second kappa shape index (κ2) is 9.72. The molecule has 2 nitrogen and oxygen atoms in total. The van der Waals surface area contributed by atoms with Gasteiger partial charge in [-0.15, -0.1) is 11.3 Å². The summed E-state index contributed by atoms with van der Waals surface area (Å²) in [5.74, 6) is 0. The molecule has 1 aromatic heterocycles. The van der Waals surface area contributed by atoms with Crippen molar-refractivity contribution >= 4 is 11.3 Å². The van der Waals surface area contributed by atoms with Crippen LogP contribution in [0.1, 0.15) is 36.8 Å². The van der Waals surface area contributed by atoms with Crippen LogP contribution in [0.25, 0.3) is 20.9 Å². The van der Waals surface area contributed by atoms with Crippen LogP contribution < -0.4 is 5.43 Å². The Balaban J connectivity index is 1.71. The van der Waals surface area contributed by atoms with Gasteiger partial charge < -0.3 is 4.90 Å². The van der Waals surface area contributed by atoms with Gasteiger partial charge in [0.25, 0.3) is 6.61 Å². The summed E-state index contributed by atoms with van der Waals surface area (Å²) >= 11 is 1.87. The second-order valence-electron chi connectivity index (χ2n) is 8.34. The molecule has 0 amide bonds. The van der Waals surface area contributed by atoms with Gasteiger partial charge in [0.15, 0.2) is 0 Å². The molecule has 1 unspecified atom stereocenters. The van der Waals surface area contributed by atoms with Crippen molar-refractivity contribution in [2.24, 2.45) is 0 Å². The molecular formula is C27H32NOS+. The van der Waals surface area contributed by atoms with Gasteiger partial charge in [-0.2, -0.15) is 0 Å². The van der Waals surface area contributed by atoms with Gasteiger partial charge in [0.1, 0.15) is 0 Å². The molecular weight excluding hydrogens is 386 g/mol. The Kier molecular flexibility index (Phi) is 6.81. The molecule has 2 aromatic carbocycles. The maximum atomic E-state index is 6.48. The van der Waals surface area contributed by atoms with E-state index < -0.39 is 0 Å². The molecule has 0 radical (unpaired) electrons. The first kappa shape index (κ1) is 21.0. The van der Waals surface area contributed by atoms with Crippen molar-refractivity contribution in [1.29, 1.82) is 0 Å². The Hall–Kier alpha value is -2.23. The summed E-state index contributed by atoms with van der Waals surface area (Å²) in [6.07, 6.45) is 4.99. The molecule has 1 aliphatic rings. The van der Waals surface area contributed by atoms with Crippen LogP contribution in [0.4, 0.5) is 0 Å². The molecule has 2 heterocycles. The van der Waals surface area contributed by atoms with Crippen LogP contribution in [0.2, 0.25) is 0 Å². The van der Waals surface area contributed by atoms with E-state index in [4.69, 9.17) is 4.42 Å². The van der Waals surface area contributed by atoms with Gasteiger partial charge in [-0.1, -0.05) is 60.7 Å². The normalized spacial score (nSPS) is 16.7. The molecule has 0 saturated carbocycles. The SMILES string of the molecule is Cc1c(-c2ccccc2)sc(-c2ccccc2)c(C)c1=[O+]CCCC1CCCN1C. The summed E-state index contributed by atoms with van der Waals surface area (Å²) < 4.78 is 6.48. The lowest BCUT2D eigenvalue weighted by atomic mass is 10.1. The van der Waals surface area contributed by atoms with Gasteiger partial charge in [-0.25, -0.2) is 0 Å². The molecule has 1 aliphatic heterocycles. The second-order valence-corrected chi connectivity index (χ2v) is 9.36. The Morgan fingerprint density at radius 3 is 1.97 bits per heavy atom. The molecule has 0 N–H and O–H groups in total. The van der Waals surface area contributed by atoms with Crippen molar-refractivity contribution in [3.8, 4) is 20.9 Å². The van der Waals surface area contributed by atoms with Crippen molar-refractivity contribution in [2.75, 3.05) is 20.2 Å². The summed E-state index contributed by atoms with van der Waals surface area (Å²) in [6, 6.07) is 22.1. The van der Waals surface area contributed by atoms with Gasteiger partial charge in [0, 0.05) is 22.2 Å². The molecule has 1 saturated heterocycles. The van der Waals surface area contributed by atoms with Crippen molar-refractivity contribution in [1.82, 2.24) is 4.90 Å². The first-order valence-electron chi connectivity index (χ1n) is 11.1. The first-order chi connectivity index (χ1) is 14.6. The Morgan fingerprint density at radius 1 is 0.900 bits per heavy atom. The average Bonchev–Trinajstić information content (AvgIpc) is 3.19. The molecule has 0 bridgehead atoms. The highest BCUT2D eigenvalue weighted by Crippen LogP contribution is 2.35. The summed E-state index contributed by atoms with van der Waals surface area (Å²) in [4.78, 5) is 5.10. The van der Waals surface area contributed by atoms with E-state index >= 15 is 0 Å². The number of likely N-dealkylation sites (tertiary alicyclic amines) is 1.